The summed E-state index contributed by atoms with van der Waals surface area (Å²) in [5, 5.41) is 13.3. The zero-order chi connectivity index (χ0) is 15.2. The Bertz CT molecular complexity index is 559. The Morgan fingerprint density at radius 2 is 2.19 bits per heavy atom. The second-order valence-corrected chi connectivity index (χ2v) is 5.52. The van der Waals surface area contributed by atoms with Crippen LogP contribution < -0.4 is 5.32 Å². The van der Waals surface area contributed by atoms with Gasteiger partial charge in [-0.05, 0) is 43.2 Å². The van der Waals surface area contributed by atoms with Crippen LogP contribution in [0.3, 0.4) is 0 Å². The van der Waals surface area contributed by atoms with E-state index in [9.17, 15) is 9.50 Å². The SMILES string of the molecule is CC(CCc1ccco1)NCC(O)c1ccc(Cl)c(F)c1. The molecule has 0 spiro atoms. The van der Waals surface area contributed by atoms with Gasteiger partial charge in [-0.2, -0.15) is 0 Å². The normalized spacial score (nSPS) is 14.1. The zero-order valence-electron chi connectivity index (χ0n) is 11.9. The van der Waals surface area contributed by atoms with Crippen molar-refractivity contribution in [1.29, 1.82) is 0 Å². The largest absolute Gasteiger partial charge is 0.469 e. The molecule has 114 valence electrons. The van der Waals surface area contributed by atoms with E-state index in [2.05, 4.69) is 5.32 Å². The first-order valence-electron chi connectivity index (χ1n) is 6.95. The first-order chi connectivity index (χ1) is 10.1. The predicted molar refractivity (Wildman–Crippen MR) is 80.9 cm³/mol. The van der Waals surface area contributed by atoms with Crippen LogP contribution in [0.2, 0.25) is 5.02 Å². The lowest BCUT2D eigenvalue weighted by Crippen LogP contribution is -2.30. The summed E-state index contributed by atoms with van der Waals surface area (Å²) in [6.07, 6.45) is 2.64. The van der Waals surface area contributed by atoms with E-state index in [0.29, 0.717) is 12.1 Å². The monoisotopic (exact) mass is 311 g/mol. The number of aliphatic hydroxyl groups is 1. The standard InChI is InChI=1S/C16H19ClFNO2/c1-11(4-6-13-3-2-8-21-13)19-10-16(20)12-5-7-14(17)15(18)9-12/h2-3,5,7-9,11,16,19-20H,4,6,10H2,1H3. The third-order valence-corrected chi connectivity index (χ3v) is 3.70. The fourth-order valence-electron chi connectivity index (χ4n) is 2.07. The lowest BCUT2D eigenvalue weighted by Gasteiger charge is -2.17. The molecule has 0 fully saturated rings. The molecule has 5 heteroatoms. The van der Waals surface area contributed by atoms with Crippen molar-refractivity contribution in [2.24, 2.45) is 0 Å². The van der Waals surface area contributed by atoms with Gasteiger partial charge in [-0.3, -0.25) is 0 Å². The summed E-state index contributed by atoms with van der Waals surface area (Å²) in [6.45, 7) is 2.40. The summed E-state index contributed by atoms with van der Waals surface area (Å²) in [5.74, 6) is 0.433. The lowest BCUT2D eigenvalue weighted by atomic mass is 10.1. The van der Waals surface area contributed by atoms with Gasteiger partial charge in [0.15, 0.2) is 0 Å². The molecule has 2 atom stereocenters. The number of rotatable bonds is 7. The maximum Gasteiger partial charge on any atom is 0.142 e. The van der Waals surface area contributed by atoms with E-state index >= 15 is 0 Å². The molecule has 2 N–H and O–H groups in total. The van der Waals surface area contributed by atoms with Crippen molar-refractivity contribution in [3.05, 3.63) is 58.8 Å². The average molecular weight is 312 g/mol. The van der Waals surface area contributed by atoms with Crippen LogP contribution in [0.4, 0.5) is 4.39 Å². The summed E-state index contributed by atoms with van der Waals surface area (Å²) < 4.78 is 18.6. The highest BCUT2D eigenvalue weighted by molar-refractivity contribution is 6.30. The van der Waals surface area contributed by atoms with Crippen LogP contribution in [0.5, 0.6) is 0 Å². The molecule has 0 saturated carbocycles. The van der Waals surface area contributed by atoms with Crippen molar-refractivity contribution in [1.82, 2.24) is 5.32 Å². The van der Waals surface area contributed by atoms with Gasteiger partial charge in [-0.1, -0.05) is 17.7 Å². The summed E-state index contributed by atoms with van der Waals surface area (Å²) in [7, 11) is 0. The van der Waals surface area contributed by atoms with Crippen LogP contribution in [0.25, 0.3) is 0 Å². The fraction of sp³-hybridized carbons (Fsp3) is 0.375. The molecule has 1 aromatic carbocycles. The molecule has 2 aromatic rings. The third-order valence-electron chi connectivity index (χ3n) is 3.39. The van der Waals surface area contributed by atoms with E-state index < -0.39 is 11.9 Å². The van der Waals surface area contributed by atoms with Gasteiger partial charge in [0.05, 0.1) is 17.4 Å². The molecular weight excluding hydrogens is 293 g/mol. The molecule has 0 aliphatic rings. The molecule has 2 unspecified atom stereocenters. The van der Waals surface area contributed by atoms with E-state index in [-0.39, 0.29) is 11.1 Å². The van der Waals surface area contributed by atoms with E-state index in [1.54, 1.807) is 12.3 Å². The summed E-state index contributed by atoms with van der Waals surface area (Å²) in [5.41, 5.74) is 0.516. The topological polar surface area (TPSA) is 45.4 Å². The fourth-order valence-corrected chi connectivity index (χ4v) is 2.18. The molecule has 0 aliphatic carbocycles. The Hall–Kier alpha value is -1.36. The van der Waals surface area contributed by atoms with E-state index in [1.165, 1.54) is 12.1 Å². The molecule has 0 bridgehead atoms. The molecule has 0 amide bonds. The number of furan rings is 1. The molecule has 0 radical (unpaired) electrons. The molecule has 3 nitrogen and oxygen atoms in total. The van der Waals surface area contributed by atoms with Crippen LogP contribution in [0.15, 0.2) is 41.0 Å². The van der Waals surface area contributed by atoms with Crippen LogP contribution in [0.1, 0.15) is 30.8 Å². The maximum absolute atomic E-state index is 13.3. The number of aryl methyl sites for hydroxylation is 1. The number of hydrogen-bond acceptors (Lipinski definition) is 3. The summed E-state index contributed by atoms with van der Waals surface area (Å²) >= 11 is 5.62. The molecule has 0 aliphatic heterocycles. The molecule has 1 heterocycles. The van der Waals surface area contributed by atoms with E-state index in [1.807, 2.05) is 19.1 Å². The zero-order valence-corrected chi connectivity index (χ0v) is 12.6. The molecule has 0 saturated heterocycles. The Morgan fingerprint density at radius 1 is 1.38 bits per heavy atom. The predicted octanol–water partition coefficient (Wildman–Crippen LogP) is 3.72. The van der Waals surface area contributed by atoms with E-state index in [0.717, 1.165) is 18.6 Å². The molecule has 1 aromatic heterocycles. The van der Waals surface area contributed by atoms with Crippen LogP contribution >= 0.6 is 11.6 Å². The minimum Gasteiger partial charge on any atom is -0.469 e. The van der Waals surface area contributed by atoms with Gasteiger partial charge < -0.3 is 14.8 Å². The average Bonchev–Trinajstić information content (AvgIpc) is 2.98. The number of aliphatic hydroxyl groups excluding tert-OH is 1. The minimum absolute atomic E-state index is 0.0609. The Labute approximate surface area is 128 Å². The second kappa shape index (κ2) is 7.59. The maximum atomic E-state index is 13.3. The lowest BCUT2D eigenvalue weighted by molar-refractivity contribution is 0.169. The summed E-state index contributed by atoms with van der Waals surface area (Å²) in [6, 6.07) is 8.38. The van der Waals surface area contributed by atoms with Crippen molar-refractivity contribution in [3.8, 4) is 0 Å². The van der Waals surface area contributed by atoms with Gasteiger partial charge in [0.2, 0.25) is 0 Å². The van der Waals surface area contributed by atoms with Crippen molar-refractivity contribution < 1.29 is 13.9 Å². The van der Waals surface area contributed by atoms with Gasteiger partial charge in [0.25, 0.3) is 0 Å². The Balaban J connectivity index is 1.77. The van der Waals surface area contributed by atoms with Crippen LogP contribution in [-0.2, 0) is 6.42 Å². The van der Waals surface area contributed by atoms with Crippen molar-refractivity contribution >= 4 is 11.6 Å². The highest BCUT2D eigenvalue weighted by Gasteiger charge is 2.12. The second-order valence-electron chi connectivity index (χ2n) is 5.12. The van der Waals surface area contributed by atoms with Gasteiger partial charge in [0.1, 0.15) is 11.6 Å². The van der Waals surface area contributed by atoms with Crippen LogP contribution in [-0.4, -0.2) is 17.7 Å². The number of halogens is 2. The number of hydrogen-bond donors (Lipinski definition) is 2. The highest BCUT2D eigenvalue weighted by atomic mass is 35.5. The number of nitrogens with one attached hydrogen (secondary N) is 1. The Morgan fingerprint density at radius 3 is 2.86 bits per heavy atom. The van der Waals surface area contributed by atoms with Crippen LogP contribution in [0, 0.1) is 5.82 Å². The first kappa shape index (κ1) is 16.0. The van der Waals surface area contributed by atoms with Gasteiger partial charge >= 0.3 is 0 Å². The van der Waals surface area contributed by atoms with Crippen molar-refractivity contribution in [3.63, 3.8) is 0 Å². The number of benzene rings is 1. The summed E-state index contributed by atoms with van der Waals surface area (Å²) in [4.78, 5) is 0. The molecule has 2 rings (SSSR count). The minimum atomic E-state index is -0.761. The van der Waals surface area contributed by atoms with Gasteiger partial charge in [-0.25, -0.2) is 4.39 Å². The van der Waals surface area contributed by atoms with E-state index in [4.69, 9.17) is 16.0 Å². The van der Waals surface area contributed by atoms with Crippen molar-refractivity contribution in [2.45, 2.75) is 31.9 Å². The van der Waals surface area contributed by atoms with Gasteiger partial charge in [-0.15, -0.1) is 0 Å². The van der Waals surface area contributed by atoms with Crippen molar-refractivity contribution in [2.75, 3.05) is 6.54 Å². The highest BCUT2D eigenvalue weighted by Crippen LogP contribution is 2.20. The molecular formula is C16H19ClFNO2. The quantitative estimate of drug-likeness (QED) is 0.819. The Kier molecular flexibility index (Phi) is 5.79. The molecule has 21 heavy (non-hydrogen) atoms. The van der Waals surface area contributed by atoms with Gasteiger partial charge in [0, 0.05) is 19.0 Å². The third kappa shape index (κ3) is 4.84. The smallest absolute Gasteiger partial charge is 0.142 e. The first-order valence-corrected chi connectivity index (χ1v) is 7.33.